The summed E-state index contributed by atoms with van der Waals surface area (Å²) in [6, 6.07) is 6.29. The highest BCUT2D eigenvalue weighted by atomic mass is 16.5. The molecule has 2 aromatic rings. The van der Waals surface area contributed by atoms with Crippen LogP contribution in [-0.4, -0.2) is 58.1 Å². The minimum Gasteiger partial charge on any atom is -0.490 e. The molecule has 0 N–H and O–H groups in total. The van der Waals surface area contributed by atoms with Gasteiger partial charge in [-0.25, -0.2) is 9.36 Å². The minimum atomic E-state index is -0.810. The predicted octanol–water partition coefficient (Wildman–Crippen LogP) is 2.87. The number of amides is 3. The summed E-state index contributed by atoms with van der Waals surface area (Å²) in [7, 11) is 1.59. The van der Waals surface area contributed by atoms with Crippen molar-refractivity contribution in [3.63, 3.8) is 0 Å². The zero-order valence-electron chi connectivity index (χ0n) is 20.2. The van der Waals surface area contributed by atoms with Crippen molar-refractivity contribution in [3.05, 3.63) is 35.7 Å². The lowest BCUT2D eigenvalue weighted by Crippen LogP contribution is -2.64. The zero-order chi connectivity index (χ0) is 24.2. The van der Waals surface area contributed by atoms with Crippen LogP contribution in [0.25, 0.3) is 5.69 Å². The first-order valence-corrected chi connectivity index (χ1v) is 11.1. The van der Waals surface area contributed by atoms with Crippen LogP contribution < -0.4 is 9.30 Å². The molecule has 33 heavy (non-hydrogen) atoms. The van der Waals surface area contributed by atoms with E-state index in [2.05, 4.69) is 0 Å². The molecule has 9 heteroatoms. The van der Waals surface area contributed by atoms with Crippen molar-refractivity contribution in [2.45, 2.75) is 47.6 Å². The SMILES string of the molecule is CCOc1ccccc1-n1c(C)c(C)[n+]2c1N=C1C2C(=O)N(CC(=O)C(C)(C)C)C(=O)N1C. The molecular weight excluding hydrogens is 422 g/mol. The number of imide groups is 1. The molecule has 3 heterocycles. The highest BCUT2D eigenvalue weighted by molar-refractivity contribution is 6.20. The summed E-state index contributed by atoms with van der Waals surface area (Å²) in [4.78, 5) is 46.4. The Kier molecular flexibility index (Phi) is 5.38. The average Bonchev–Trinajstić information content (AvgIpc) is 3.25. The second kappa shape index (κ2) is 7.83. The second-order valence-electron chi connectivity index (χ2n) is 9.39. The first kappa shape index (κ1) is 22.7. The number of amidine groups is 1. The number of carbonyl (C=O) groups excluding carboxylic acids is 3. The van der Waals surface area contributed by atoms with Crippen molar-refractivity contribution < 1.29 is 23.7 Å². The van der Waals surface area contributed by atoms with E-state index >= 15 is 0 Å². The molecule has 9 nitrogen and oxygen atoms in total. The molecule has 0 radical (unpaired) electrons. The monoisotopic (exact) mass is 452 g/mol. The van der Waals surface area contributed by atoms with Gasteiger partial charge in [0, 0.05) is 12.5 Å². The van der Waals surface area contributed by atoms with Crippen molar-refractivity contribution >= 4 is 29.5 Å². The lowest BCUT2D eigenvalue weighted by atomic mass is 9.90. The molecule has 0 spiro atoms. The third-order valence-electron chi connectivity index (χ3n) is 6.26. The summed E-state index contributed by atoms with van der Waals surface area (Å²) in [5.41, 5.74) is 1.89. The van der Waals surface area contributed by atoms with E-state index in [1.54, 1.807) is 27.8 Å². The van der Waals surface area contributed by atoms with Crippen LogP contribution in [-0.2, 0) is 9.59 Å². The van der Waals surface area contributed by atoms with Crippen LogP contribution in [0.1, 0.15) is 45.1 Å². The van der Waals surface area contributed by atoms with Gasteiger partial charge in [-0.05, 0) is 32.9 Å². The standard InChI is InChI=1S/C24H30N5O4/c1-8-33-17-12-10-9-11-16(17)28-14(2)15(3)29-19-20(25-22(28)29)26(7)23(32)27(21(19)31)13-18(30)24(4,5)6/h9-12,19H,8,13H2,1-7H3/q+1. The van der Waals surface area contributed by atoms with Crippen molar-refractivity contribution in [2.75, 3.05) is 20.2 Å². The van der Waals surface area contributed by atoms with E-state index in [4.69, 9.17) is 9.73 Å². The number of hydrogen-bond donors (Lipinski definition) is 0. The molecular formula is C24H30N5O4+. The number of fused-ring (bicyclic) bond motifs is 3. The molecule has 1 unspecified atom stereocenters. The van der Waals surface area contributed by atoms with Crippen molar-refractivity contribution in [3.8, 4) is 11.4 Å². The number of hydrogen-bond acceptors (Lipinski definition) is 5. The van der Waals surface area contributed by atoms with E-state index in [1.165, 1.54) is 4.90 Å². The number of carbonyl (C=O) groups is 3. The Morgan fingerprint density at radius 3 is 2.48 bits per heavy atom. The fourth-order valence-corrected chi connectivity index (χ4v) is 4.17. The summed E-state index contributed by atoms with van der Waals surface area (Å²) >= 11 is 0. The lowest BCUT2D eigenvalue weighted by molar-refractivity contribution is -0.682. The van der Waals surface area contributed by atoms with E-state index in [0.29, 0.717) is 24.1 Å². The van der Waals surface area contributed by atoms with Gasteiger partial charge in [-0.15, -0.1) is 0 Å². The van der Waals surface area contributed by atoms with Gasteiger partial charge >= 0.3 is 12.0 Å². The van der Waals surface area contributed by atoms with Gasteiger partial charge < -0.3 is 4.74 Å². The van der Waals surface area contributed by atoms with Gasteiger partial charge in [0.25, 0.3) is 5.91 Å². The molecule has 1 fully saturated rings. The number of aliphatic imine (C=N–C) groups is 1. The quantitative estimate of drug-likeness (QED) is 0.653. The smallest absolute Gasteiger partial charge is 0.407 e. The minimum absolute atomic E-state index is 0.183. The summed E-state index contributed by atoms with van der Waals surface area (Å²) in [5.74, 6) is 0.956. The van der Waals surface area contributed by atoms with Crippen LogP contribution in [0.2, 0.25) is 0 Å². The lowest BCUT2D eigenvalue weighted by Gasteiger charge is -2.34. The maximum atomic E-state index is 13.6. The maximum absolute atomic E-state index is 13.6. The zero-order valence-corrected chi connectivity index (χ0v) is 20.2. The number of urea groups is 1. The molecule has 4 rings (SSSR count). The Bertz CT molecular complexity index is 1200. The number of Topliss-reactive ketones (excluding diaryl/α,β-unsaturated/α-hetero) is 1. The number of nitrogens with zero attached hydrogens (tertiary/aromatic N) is 5. The number of likely N-dealkylation sites (N-methyl/N-ethyl adjacent to an activating group) is 1. The molecule has 0 aliphatic carbocycles. The number of rotatable bonds is 5. The highest BCUT2D eigenvalue weighted by Crippen LogP contribution is 2.35. The fraction of sp³-hybridized carbons (Fsp3) is 0.458. The number of ketones is 1. The largest absolute Gasteiger partial charge is 0.490 e. The Balaban J connectivity index is 1.84. The summed E-state index contributed by atoms with van der Waals surface area (Å²) < 4.78 is 9.62. The van der Waals surface area contributed by atoms with Gasteiger partial charge in [0.05, 0.1) is 13.2 Å². The third-order valence-corrected chi connectivity index (χ3v) is 6.26. The van der Waals surface area contributed by atoms with E-state index < -0.39 is 23.4 Å². The fourth-order valence-electron chi connectivity index (χ4n) is 4.17. The molecule has 0 saturated carbocycles. The number of imidazole rings is 1. The normalized spacial score (nSPS) is 17.8. The number of aromatic nitrogens is 2. The second-order valence-corrected chi connectivity index (χ2v) is 9.39. The first-order valence-electron chi connectivity index (χ1n) is 11.1. The Morgan fingerprint density at radius 2 is 1.85 bits per heavy atom. The summed E-state index contributed by atoms with van der Waals surface area (Å²) in [6.45, 7) is 11.4. The Hall–Kier alpha value is -3.49. The van der Waals surface area contributed by atoms with E-state index in [9.17, 15) is 14.4 Å². The molecule has 3 amide bonds. The van der Waals surface area contributed by atoms with E-state index in [0.717, 1.165) is 22.0 Å². The Labute approximate surface area is 193 Å². The number of ether oxygens (including phenoxy) is 1. The predicted molar refractivity (Wildman–Crippen MR) is 122 cm³/mol. The van der Waals surface area contributed by atoms with Crippen molar-refractivity contribution in [1.29, 1.82) is 0 Å². The highest BCUT2D eigenvalue weighted by Gasteiger charge is 2.55. The van der Waals surface area contributed by atoms with Gasteiger partial charge in [0.2, 0.25) is 11.9 Å². The molecule has 1 atom stereocenters. The topological polar surface area (TPSA) is 88.1 Å². The molecule has 2 aliphatic heterocycles. The Morgan fingerprint density at radius 1 is 1.18 bits per heavy atom. The summed E-state index contributed by atoms with van der Waals surface area (Å²) in [5, 5.41) is 0. The van der Waals surface area contributed by atoms with Gasteiger partial charge in [0.15, 0.2) is 11.5 Å². The molecule has 174 valence electrons. The number of para-hydroxylation sites is 2. The molecule has 1 aromatic carbocycles. The van der Waals surface area contributed by atoms with E-state index in [1.807, 2.05) is 54.2 Å². The van der Waals surface area contributed by atoms with Crippen LogP contribution in [0.5, 0.6) is 5.75 Å². The van der Waals surface area contributed by atoms with Gasteiger partial charge in [-0.1, -0.05) is 37.9 Å². The number of benzene rings is 1. The maximum Gasteiger partial charge on any atom is 0.407 e. The van der Waals surface area contributed by atoms with Crippen molar-refractivity contribution in [1.82, 2.24) is 14.4 Å². The molecule has 0 bridgehead atoms. The third kappa shape index (κ3) is 3.42. The van der Waals surface area contributed by atoms with Crippen LogP contribution in [0.15, 0.2) is 29.3 Å². The van der Waals surface area contributed by atoms with Crippen LogP contribution >= 0.6 is 0 Å². The summed E-state index contributed by atoms with van der Waals surface area (Å²) in [6.07, 6.45) is 0. The molecule has 2 aliphatic rings. The first-order chi connectivity index (χ1) is 15.5. The van der Waals surface area contributed by atoms with E-state index in [-0.39, 0.29) is 12.3 Å². The van der Waals surface area contributed by atoms with Crippen LogP contribution in [0.3, 0.4) is 0 Å². The van der Waals surface area contributed by atoms with Crippen LogP contribution in [0, 0.1) is 19.3 Å². The van der Waals surface area contributed by atoms with Gasteiger partial charge in [-0.3, -0.25) is 19.4 Å². The van der Waals surface area contributed by atoms with Crippen LogP contribution in [0.4, 0.5) is 10.7 Å². The van der Waals surface area contributed by atoms with Crippen molar-refractivity contribution in [2.24, 2.45) is 10.4 Å². The van der Waals surface area contributed by atoms with Gasteiger partial charge in [0.1, 0.15) is 17.1 Å². The molecule has 1 saturated heterocycles. The average molecular weight is 453 g/mol. The van der Waals surface area contributed by atoms with Gasteiger partial charge in [-0.2, -0.15) is 4.57 Å². The molecule has 1 aromatic heterocycles.